The molecular weight excluding hydrogens is 483 g/mol. The first-order valence-corrected chi connectivity index (χ1v) is 12.4. The van der Waals surface area contributed by atoms with Gasteiger partial charge in [0.2, 0.25) is 11.8 Å². The molecule has 0 saturated heterocycles. The zero-order valence-corrected chi connectivity index (χ0v) is 20.9. The largest absolute Gasteiger partial charge is 0.494 e. The van der Waals surface area contributed by atoms with Gasteiger partial charge >= 0.3 is 0 Å². The smallest absolute Gasteiger partial charge is 0.242 e. The second kappa shape index (κ2) is 12.5. The van der Waals surface area contributed by atoms with E-state index in [1.165, 1.54) is 0 Å². The average Bonchev–Trinajstić information content (AvgIpc) is 3.30. The van der Waals surface area contributed by atoms with Crippen LogP contribution in [0.4, 0.5) is 0 Å². The number of amides is 2. The summed E-state index contributed by atoms with van der Waals surface area (Å²) in [6, 6.07) is 11.8. The number of rotatable bonds is 10. The molecule has 1 atom stereocenters. The van der Waals surface area contributed by atoms with Gasteiger partial charge in [0.1, 0.15) is 11.8 Å². The molecule has 0 radical (unpaired) electrons. The van der Waals surface area contributed by atoms with E-state index in [1.54, 1.807) is 54.3 Å². The fraction of sp³-hybridized carbons (Fsp3) is 0.440. The topological polar surface area (TPSA) is 58.6 Å². The number of hydrogen-bond acceptors (Lipinski definition) is 3. The lowest BCUT2D eigenvalue weighted by Gasteiger charge is -2.30. The number of nitrogens with zero attached hydrogens (tertiary/aromatic N) is 1. The Morgan fingerprint density at radius 2 is 1.70 bits per heavy atom. The molecule has 1 saturated carbocycles. The molecule has 1 aliphatic rings. The predicted octanol–water partition coefficient (Wildman–Crippen LogP) is 6.28. The van der Waals surface area contributed by atoms with Crippen LogP contribution >= 0.6 is 34.8 Å². The fourth-order valence-electron chi connectivity index (χ4n) is 3.92. The lowest BCUT2D eigenvalue weighted by Crippen LogP contribution is -2.49. The van der Waals surface area contributed by atoms with E-state index in [9.17, 15) is 9.59 Å². The molecule has 178 valence electrons. The molecule has 3 rings (SSSR count). The highest BCUT2D eigenvalue weighted by Gasteiger charge is 2.29. The van der Waals surface area contributed by atoms with Crippen LogP contribution in [0.3, 0.4) is 0 Å². The maximum Gasteiger partial charge on any atom is 0.242 e. The number of carbonyl (C=O) groups is 2. The third-order valence-electron chi connectivity index (χ3n) is 5.88. The Labute approximate surface area is 210 Å². The van der Waals surface area contributed by atoms with Gasteiger partial charge in [0.05, 0.1) is 6.61 Å². The second-order valence-corrected chi connectivity index (χ2v) is 9.54. The summed E-state index contributed by atoms with van der Waals surface area (Å²) in [5, 5.41) is 4.66. The Hall–Kier alpha value is -1.95. The summed E-state index contributed by atoms with van der Waals surface area (Å²) in [6.45, 7) is 2.28. The lowest BCUT2D eigenvalue weighted by molar-refractivity contribution is -0.141. The minimum Gasteiger partial charge on any atom is -0.494 e. The first-order valence-electron chi connectivity index (χ1n) is 11.3. The Morgan fingerprint density at radius 1 is 1.06 bits per heavy atom. The molecular formula is C25H29Cl3N2O3. The summed E-state index contributed by atoms with van der Waals surface area (Å²) in [5.74, 6) is 0.381. The highest BCUT2D eigenvalue weighted by molar-refractivity contribution is 6.36. The van der Waals surface area contributed by atoms with Gasteiger partial charge in [-0.2, -0.15) is 0 Å². The molecule has 0 heterocycles. The average molecular weight is 512 g/mol. The van der Waals surface area contributed by atoms with Crippen LogP contribution in [-0.4, -0.2) is 35.4 Å². The minimum absolute atomic E-state index is 0.153. The summed E-state index contributed by atoms with van der Waals surface area (Å²) >= 11 is 18.6. The van der Waals surface area contributed by atoms with Crippen molar-refractivity contribution in [1.82, 2.24) is 10.2 Å². The van der Waals surface area contributed by atoms with Crippen molar-refractivity contribution in [3.05, 3.63) is 63.1 Å². The van der Waals surface area contributed by atoms with Crippen molar-refractivity contribution in [3.63, 3.8) is 0 Å². The van der Waals surface area contributed by atoms with Gasteiger partial charge < -0.3 is 15.0 Å². The van der Waals surface area contributed by atoms with Gasteiger partial charge in [-0.05, 0) is 62.6 Å². The van der Waals surface area contributed by atoms with E-state index in [4.69, 9.17) is 39.5 Å². The summed E-state index contributed by atoms with van der Waals surface area (Å²) < 4.78 is 5.69. The van der Waals surface area contributed by atoms with Crippen LogP contribution in [0, 0.1) is 0 Å². The van der Waals surface area contributed by atoms with Crippen LogP contribution in [0.25, 0.3) is 0 Å². The van der Waals surface area contributed by atoms with Crippen molar-refractivity contribution in [2.75, 3.05) is 6.61 Å². The fourth-order valence-corrected chi connectivity index (χ4v) is 4.56. The van der Waals surface area contributed by atoms with Gasteiger partial charge in [0, 0.05) is 39.6 Å². The van der Waals surface area contributed by atoms with E-state index in [0.717, 1.165) is 25.7 Å². The Kier molecular flexibility index (Phi) is 9.72. The van der Waals surface area contributed by atoms with Gasteiger partial charge in [0.15, 0.2) is 0 Å². The standard InChI is InChI=1S/C25H29Cl3N2O3/c1-17(25(32)29-19-6-2-3-7-19)30(16-21-22(27)8-4-9-23(21)28)24(31)10-5-15-33-20-13-11-18(26)12-14-20/h4,8-9,11-14,17,19H,2-3,5-7,10,15-16H2,1H3,(H,29,32)/t17-/m0/s1. The zero-order valence-electron chi connectivity index (χ0n) is 18.7. The maximum absolute atomic E-state index is 13.2. The molecule has 2 aromatic rings. The number of hydrogen-bond donors (Lipinski definition) is 1. The molecule has 0 spiro atoms. The molecule has 33 heavy (non-hydrogen) atoms. The third kappa shape index (κ3) is 7.53. The summed E-state index contributed by atoms with van der Waals surface area (Å²) in [6.07, 6.45) is 4.92. The first-order chi connectivity index (χ1) is 15.8. The predicted molar refractivity (Wildman–Crippen MR) is 133 cm³/mol. The lowest BCUT2D eigenvalue weighted by atomic mass is 10.1. The molecule has 0 aliphatic heterocycles. The van der Waals surface area contributed by atoms with Crippen molar-refractivity contribution in [2.24, 2.45) is 0 Å². The summed E-state index contributed by atoms with van der Waals surface area (Å²) in [5.41, 5.74) is 0.632. The van der Waals surface area contributed by atoms with Gasteiger partial charge in [-0.1, -0.05) is 53.7 Å². The van der Waals surface area contributed by atoms with Gasteiger partial charge in [-0.15, -0.1) is 0 Å². The molecule has 2 aromatic carbocycles. The van der Waals surface area contributed by atoms with Crippen molar-refractivity contribution in [3.8, 4) is 5.75 Å². The molecule has 5 nitrogen and oxygen atoms in total. The van der Waals surface area contributed by atoms with E-state index in [1.807, 2.05) is 0 Å². The van der Waals surface area contributed by atoms with E-state index in [-0.39, 0.29) is 30.8 Å². The van der Waals surface area contributed by atoms with Crippen molar-refractivity contribution in [1.29, 1.82) is 0 Å². The number of nitrogens with one attached hydrogen (secondary N) is 1. The monoisotopic (exact) mass is 510 g/mol. The molecule has 0 aromatic heterocycles. The Morgan fingerprint density at radius 3 is 2.33 bits per heavy atom. The quantitative estimate of drug-likeness (QED) is 0.382. The minimum atomic E-state index is -0.650. The first kappa shape index (κ1) is 25.7. The van der Waals surface area contributed by atoms with E-state index >= 15 is 0 Å². The molecule has 2 amide bonds. The van der Waals surface area contributed by atoms with Crippen molar-refractivity contribution >= 4 is 46.6 Å². The van der Waals surface area contributed by atoms with Crippen LogP contribution in [0.15, 0.2) is 42.5 Å². The van der Waals surface area contributed by atoms with Crippen LogP contribution < -0.4 is 10.1 Å². The molecule has 1 aliphatic carbocycles. The van der Waals surface area contributed by atoms with E-state index in [2.05, 4.69) is 5.32 Å². The van der Waals surface area contributed by atoms with Crippen molar-refractivity contribution in [2.45, 2.75) is 64.1 Å². The van der Waals surface area contributed by atoms with Gasteiger partial charge in [-0.3, -0.25) is 9.59 Å². The highest BCUT2D eigenvalue weighted by Crippen LogP contribution is 2.27. The van der Waals surface area contributed by atoms with E-state index < -0.39 is 6.04 Å². The van der Waals surface area contributed by atoms with Crippen LogP contribution in [0.2, 0.25) is 15.1 Å². The van der Waals surface area contributed by atoms with Gasteiger partial charge in [-0.25, -0.2) is 0 Å². The number of ether oxygens (including phenoxy) is 1. The molecule has 8 heteroatoms. The second-order valence-electron chi connectivity index (χ2n) is 8.29. The molecule has 1 N–H and O–H groups in total. The highest BCUT2D eigenvalue weighted by atomic mass is 35.5. The van der Waals surface area contributed by atoms with Crippen molar-refractivity contribution < 1.29 is 14.3 Å². The van der Waals surface area contributed by atoms with E-state index in [0.29, 0.717) is 39.4 Å². The SMILES string of the molecule is C[C@@H](C(=O)NC1CCCC1)N(Cc1c(Cl)cccc1Cl)C(=O)CCCOc1ccc(Cl)cc1. The molecule has 0 bridgehead atoms. The molecule has 1 fully saturated rings. The third-order valence-corrected chi connectivity index (χ3v) is 6.84. The number of carbonyl (C=O) groups excluding carboxylic acids is 2. The van der Waals surface area contributed by atoms with Crippen LogP contribution in [-0.2, 0) is 16.1 Å². The normalized spacial score (nSPS) is 14.7. The number of benzene rings is 2. The Balaban J connectivity index is 1.64. The Bertz CT molecular complexity index is 926. The summed E-state index contributed by atoms with van der Waals surface area (Å²) in [4.78, 5) is 27.7. The van der Waals surface area contributed by atoms with Crippen LogP contribution in [0.5, 0.6) is 5.75 Å². The molecule has 0 unspecified atom stereocenters. The van der Waals surface area contributed by atoms with Gasteiger partial charge in [0.25, 0.3) is 0 Å². The number of halogens is 3. The summed E-state index contributed by atoms with van der Waals surface area (Å²) in [7, 11) is 0. The zero-order chi connectivity index (χ0) is 23.8. The maximum atomic E-state index is 13.2. The van der Waals surface area contributed by atoms with Crippen LogP contribution in [0.1, 0.15) is 51.0 Å².